The van der Waals surface area contributed by atoms with Crippen molar-refractivity contribution in [1.82, 2.24) is 5.43 Å². The first-order chi connectivity index (χ1) is 11.6. The molecule has 1 heterocycles. The summed E-state index contributed by atoms with van der Waals surface area (Å²) >= 11 is 0. The first kappa shape index (κ1) is 15.4. The van der Waals surface area contributed by atoms with E-state index in [4.69, 9.17) is 4.42 Å². The quantitative estimate of drug-likeness (QED) is 0.443. The van der Waals surface area contributed by atoms with Gasteiger partial charge in [0.25, 0.3) is 0 Å². The van der Waals surface area contributed by atoms with Crippen molar-refractivity contribution in [3.63, 3.8) is 0 Å². The minimum atomic E-state index is -0.642. The van der Waals surface area contributed by atoms with Gasteiger partial charge in [-0.15, -0.1) is 0 Å². The van der Waals surface area contributed by atoms with Crippen LogP contribution in [0.2, 0.25) is 0 Å². The SMILES string of the molecule is O=C(Cc1cccc2ccccc12)N/N=C\c1ccc([N+](=O)[O-])o1. The maximum absolute atomic E-state index is 12.0. The van der Waals surface area contributed by atoms with Gasteiger partial charge >= 0.3 is 5.88 Å². The summed E-state index contributed by atoms with van der Waals surface area (Å²) in [4.78, 5) is 21.9. The summed E-state index contributed by atoms with van der Waals surface area (Å²) in [5.41, 5.74) is 3.28. The van der Waals surface area contributed by atoms with Gasteiger partial charge in [-0.05, 0) is 22.4 Å². The van der Waals surface area contributed by atoms with E-state index in [1.807, 2.05) is 42.5 Å². The topological polar surface area (TPSA) is 97.7 Å². The second-order valence-corrected chi connectivity index (χ2v) is 5.04. The summed E-state index contributed by atoms with van der Waals surface area (Å²) in [6, 6.07) is 16.2. The molecule has 0 spiro atoms. The van der Waals surface area contributed by atoms with Crippen LogP contribution in [0.1, 0.15) is 11.3 Å². The number of nitro groups is 1. The lowest BCUT2D eigenvalue weighted by Crippen LogP contribution is -2.19. The molecule has 7 nitrogen and oxygen atoms in total. The van der Waals surface area contributed by atoms with Crippen molar-refractivity contribution in [1.29, 1.82) is 0 Å². The number of carbonyl (C=O) groups excluding carboxylic acids is 1. The van der Waals surface area contributed by atoms with Crippen molar-refractivity contribution in [2.24, 2.45) is 5.10 Å². The third-order valence-electron chi connectivity index (χ3n) is 3.40. The number of furan rings is 1. The summed E-state index contributed by atoms with van der Waals surface area (Å²) < 4.78 is 4.90. The normalized spacial score (nSPS) is 11.0. The third-order valence-corrected chi connectivity index (χ3v) is 3.40. The second-order valence-electron chi connectivity index (χ2n) is 5.04. The van der Waals surface area contributed by atoms with Crippen molar-refractivity contribution in [3.05, 3.63) is 76.0 Å². The number of fused-ring (bicyclic) bond motifs is 1. The highest BCUT2D eigenvalue weighted by atomic mass is 16.6. The maximum Gasteiger partial charge on any atom is 0.433 e. The molecular weight excluding hydrogens is 310 g/mol. The Balaban J connectivity index is 1.64. The molecule has 1 N–H and O–H groups in total. The van der Waals surface area contributed by atoms with E-state index >= 15 is 0 Å². The number of rotatable bonds is 5. The number of carbonyl (C=O) groups is 1. The Hall–Kier alpha value is -3.48. The lowest BCUT2D eigenvalue weighted by atomic mass is 10.0. The fourth-order valence-corrected chi connectivity index (χ4v) is 2.34. The lowest BCUT2D eigenvalue weighted by Gasteiger charge is -2.05. The molecule has 1 aromatic heterocycles. The average molecular weight is 323 g/mol. The van der Waals surface area contributed by atoms with E-state index in [9.17, 15) is 14.9 Å². The van der Waals surface area contributed by atoms with Crippen LogP contribution in [0.4, 0.5) is 5.88 Å². The van der Waals surface area contributed by atoms with Gasteiger partial charge in [0.2, 0.25) is 5.91 Å². The molecule has 0 bridgehead atoms. The molecule has 120 valence electrons. The zero-order valence-corrected chi connectivity index (χ0v) is 12.5. The summed E-state index contributed by atoms with van der Waals surface area (Å²) in [7, 11) is 0. The molecule has 3 rings (SSSR count). The van der Waals surface area contributed by atoms with E-state index in [0.717, 1.165) is 16.3 Å². The number of hydrazone groups is 1. The minimum absolute atomic E-state index is 0.178. The molecule has 0 atom stereocenters. The molecule has 0 unspecified atom stereocenters. The summed E-state index contributed by atoms with van der Waals surface area (Å²) in [6.45, 7) is 0. The van der Waals surface area contributed by atoms with Crippen molar-refractivity contribution in [2.45, 2.75) is 6.42 Å². The van der Waals surface area contributed by atoms with E-state index < -0.39 is 4.92 Å². The smallest absolute Gasteiger partial charge is 0.400 e. The van der Waals surface area contributed by atoms with Crippen molar-refractivity contribution in [2.75, 3.05) is 0 Å². The van der Waals surface area contributed by atoms with Crippen LogP contribution in [0.25, 0.3) is 10.8 Å². The van der Waals surface area contributed by atoms with Crippen molar-refractivity contribution < 1.29 is 14.1 Å². The van der Waals surface area contributed by atoms with Gasteiger partial charge < -0.3 is 4.42 Å². The molecule has 3 aromatic rings. The van der Waals surface area contributed by atoms with E-state index in [0.29, 0.717) is 0 Å². The van der Waals surface area contributed by atoms with Crippen LogP contribution < -0.4 is 5.43 Å². The predicted octanol–water partition coefficient (Wildman–Crippen LogP) is 3.03. The van der Waals surface area contributed by atoms with Gasteiger partial charge in [-0.25, -0.2) is 5.43 Å². The molecule has 0 radical (unpaired) electrons. The number of hydrogen-bond acceptors (Lipinski definition) is 5. The Labute approximate surface area is 136 Å². The highest BCUT2D eigenvalue weighted by molar-refractivity contribution is 5.90. The molecule has 0 saturated heterocycles. The number of nitrogens with one attached hydrogen (secondary N) is 1. The Bertz CT molecular complexity index is 925. The third kappa shape index (κ3) is 3.46. The largest absolute Gasteiger partial charge is 0.433 e. The predicted molar refractivity (Wildman–Crippen MR) is 88.8 cm³/mol. The maximum atomic E-state index is 12.0. The van der Waals surface area contributed by atoms with Gasteiger partial charge in [-0.3, -0.25) is 14.9 Å². The van der Waals surface area contributed by atoms with Crippen molar-refractivity contribution in [3.8, 4) is 0 Å². The number of nitrogens with zero attached hydrogens (tertiary/aromatic N) is 2. The van der Waals surface area contributed by atoms with Gasteiger partial charge in [0.15, 0.2) is 5.76 Å². The van der Waals surface area contributed by atoms with Gasteiger partial charge in [-0.1, -0.05) is 42.5 Å². The fourth-order valence-electron chi connectivity index (χ4n) is 2.34. The van der Waals surface area contributed by atoms with Gasteiger partial charge in [0, 0.05) is 0 Å². The molecule has 0 fully saturated rings. The molecule has 0 aliphatic rings. The summed E-state index contributed by atoms with van der Waals surface area (Å²) in [5, 5.41) is 16.3. The van der Waals surface area contributed by atoms with Crippen LogP contribution in [0.3, 0.4) is 0 Å². The Morgan fingerprint density at radius 1 is 1.17 bits per heavy atom. The Kier molecular flexibility index (Phi) is 4.33. The molecule has 2 aromatic carbocycles. The van der Waals surface area contributed by atoms with Crippen molar-refractivity contribution >= 4 is 28.8 Å². The zero-order chi connectivity index (χ0) is 16.9. The highest BCUT2D eigenvalue weighted by Gasteiger charge is 2.10. The number of amides is 1. The molecule has 24 heavy (non-hydrogen) atoms. The van der Waals surface area contributed by atoms with E-state index in [-0.39, 0.29) is 24.0 Å². The molecule has 0 aliphatic heterocycles. The summed E-state index contributed by atoms with van der Waals surface area (Å²) in [5.74, 6) is -0.477. The molecule has 0 aliphatic carbocycles. The van der Waals surface area contributed by atoms with Gasteiger partial charge in [-0.2, -0.15) is 5.10 Å². The Morgan fingerprint density at radius 2 is 1.96 bits per heavy atom. The Morgan fingerprint density at radius 3 is 2.75 bits per heavy atom. The van der Waals surface area contributed by atoms with Crippen LogP contribution in [0, 0.1) is 10.1 Å². The van der Waals surface area contributed by atoms with Crippen LogP contribution in [0.15, 0.2) is 64.1 Å². The van der Waals surface area contributed by atoms with Crippen LogP contribution in [-0.4, -0.2) is 17.0 Å². The molecule has 7 heteroatoms. The zero-order valence-electron chi connectivity index (χ0n) is 12.5. The number of benzene rings is 2. The number of hydrogen-bond donors (Lipinski definition) is 1. The van der Waals surface area contributed by atoms with Gasteiger partial charge in [0.05, 0.1) is 18.7 Å². The average Bonchev–Trinajstić information content (AvgIpc) is 3.04. The molecular formula is C17H13N3O4. The molecule has 1 amide bonds. The van der Waals surface area contributed by atoms with E-state index in [1.54, 1.807) is 0 Å². The lowest BCUT2D eigenvalue weighted by molar-refractivity contribution is -0.402. The first-order valence-electron chi connectivity index (χ1n) is 7.16. The highest BCUT2D eigenvalue weighted by Crippen LogP contribution is 2.18. The van der Waals surface area contributed by atoms with E-state index in [1.165, 1.54) is 18.3 Å². The van der Waals surface area contributed by atoms with E-state index in [2.05, 4.69) is 10.5 Å². The van der Waals surface area contributed by atoms with Crippen LogP contribution in [-0.2, 0) is 11.2 Å². The standard InChI is InChI=1S/C17H13N3O4/c21-16(19-18-11-14-8-9-17(24-14)20(22)23)10-13-6-3-5-12-4-1-2-7-15(12)13/h1-9,11H,10H2,(H,19,21)/b18-11-. The van der Waals surface area contributed by atoms with Gasteiger partial charge in [0.1, 0.15) is 4.92 Å². The molecule has 0 saturated carbocycles. The second kappa shape index (κ2) is 6.74. The summed E-state index contributed by atoms with van der Waals surface area (Å²) in [6.07, 6.45) is 1.39. The fraction of sp³-hybridized carbons (Fsp3) is 0.0588. The monoisotopic (exact) mass is 323 g/mol. The van der Waals surface area contributed by atoms with Crippen LogP contribution >= 0.6 is 0 Å². The van der Waals surface area contributed by atoms with Crippen LogP contribution in [0.5, 0.6) is 0 Å². The first-order valence-corrected chi connectivity index (χ1v) is 7.16. The minimum Gasteiger partial charge on any atom is -0.400 e.